The van der Waals surface area contributed by atoms with Gasteiger partial charge in [-0.1, -0.05) is 12.1 Å². The van der Waals surface area contributed by atoms with Gasteiger partial charge in [0, 0.05) is 44.2 Å². The SMILES string of the molecule is Cc1cnc(Nc2ccnn2C)nc1-c1cc2n(c1)CCCn1c(COc3ccccc3F)nnc1-2. The Labute approximate surface area is 206 Å². The molecule has 1 aliphatic rings. The second-order valence-electron chi connectivity index (χ2n) is 8.66. The smallest absolute Gasteiger partial charge is 0.228 e. The molecule has 0 amide bonds. The highest BCUT2D eigenvalue weighted by Gasteiger charge is 2.23. The highest BCUT2D eigenvalue weighted by molar-refractivity contribution is 5.70. The average Bonchev–Trinajstić information content (AvgIpc) is 3.56. The molecule has 10 nitrogen and oxygen atoms in total. The molecule has 1 N–H and O–H groups in total. The fourth-order valence-corrected chi connectivity index (χ4v) is 4.39. The van der Waals surface area contributed by atoms with Gasteiger partial charge in [0.05, 0.1) is 17.6 Å². The predicted octanol–water partition coefficient (Wildman–Crippen LogP) is 4.11. The Bertz CT molecular complexity index is 1550. The first-order chi connectivity index (χ1) is 17.6. The third-order valence-electron chi connectivity index (χ3n) is 6.23. The lowest BCUT2D eigenvalue weighted by Crippen LogP contribution is -2.08. The maximum absolute atomic E-state index is 14.0. The van der Waals surface area contributed by atoms with Crippen molar-refractivity contribution in [2.75, 3.05) is 5.32 Å². The molecule has 0 atom stereocenters. The van der Waals surface area contributed by atoms with Gasteiger partial charge in [-0.05, 0) is 37.1 Å². The number of aromatic nitrogens is 8. The van der Waals surface area contributed by atoms with Crippen LogP contribution in [0, 0.1) is 12.7 Å². The number of anilines is 2. The van der Waals surface area contributed by atoms with Crippen LogP contribution in [0.5, 0.6) is 5.75 Å². The normalized spacial score (nSPS) is 12.6. The number of nitrogens with one attached hydrogen (secondary N) is 1. The monoisotopic (exact) mass is 485 g/mol. The van der Waals surface area contributed by atoms with Crippen LogP contribution in [0.1, 0.15) is 17.8 Å². The predicted molar refractivity (Wildman–Crippen MR) is 131 cm³/mol. The van der Waals surface area contributed by atoms with Crippen LogP contribution < -0.4 is 10.1 Å². The molecular formula is C25H24FN9O. The van der Waals surface area contributed by atoms with E-state index in [2.05, 4.69) is 42.4 Å². The molecule has 36 heavy (non-hydrogen) atoms. The molecule has 6 rings (SSSR count). The Balaban J connectivity index is 1.30. The molecule has 0 saturated carbocycles. The minimum absolute atomic E-state index is 0.134. The van der Waals surface area contributed by atoms with E-state index in [-0.39, 0.29) is 12.4 Å². The molecule has 4 aromatic heterocycles. The van der Waals surface area contributed by atoms with Gasteiger partial charge in [-0.25, -0.2) is 14.4 Å². The van der Waals surface area contributed by atoms with E-state index in [1.807, 2.05) is 30.8 Å². The van der Waals surface area contributed by atoms with Crippen molar-refractivity contribution in [1.29, 1.82) is 0 Å². The summed E-state index contributed by atoms with van der Waals surface area (Å²) in [5, 5.41) is 16.2. The number of hydrogen-bond donors (Lipinski definition) is 1. The summed E-state index contributed by atoms with van der Waals surface area (Å²) in [5.74, 6) is 2.51. The Kier molecular flexibility index (Phi) is 5.44. The highest BCUT2D eigenvalue weighted by Crippen LogP contribution is 2.32. The average molecular weight is 486 g/mol. The van der Waals surface area contributed by atoms with Crippen molar-refractivity contribution in [2.24, 2.45) is 7.05 Å². The Hall–Kier alpha value is -4.54. The maximum atomic E-state index is 14.0. The number of nitrogens with zero attached hydrogens (tertiary/aromatic N) is 8. The first kappa shape index (κ1) is 22.0. The van der Waals surface area contributed by atoms with Crippen molar-refractivity contribution >= 4 is 11.8 Å². The Morgan fingerprint density at radius 3 is 2.86 bits per heavy atom. The second-order valence-corrected chi connectivity index (χ2v) is 8.66. The number of rotatable bonds is 6. The van der Waals surface area contributed by atoms with Gasteiger partial charge in [-0.15, -0.1) is 10.2 Å². The maximum Gasteiger partial charge on any atom is 0.228 e. The third-order valence-corrected chi connectivity index (χ3v) is 6.23. The van der Waals surface area contributed by atoms with Gasteiger partial charge in [0.2, 0.25) is 5.95 Å². The third kappa shape index (κ3) is 3.98. The molecule has 0 unspecified atom stereocenters. The van der Waals surface area contributed by atoms with Crippen LogP contribution in [0.2, 0.25) is 0 Å². The number of hydrogen-bond acceptors (Lipinski definition) is 7. The molecule has 5 heterocycles. The van der Waals surface area contributed by atoms with Crippen LogP contribution in [0.25, 0.3) is 22.8 Å². The molecule has 5 aromatic rings. The van der Waals surface area contributed by atoms with Gasteiger partial charge in [0.25, 0.3) is 0 Å². The first-order valence-electron chi connectivity index (χ1n) is 11.7. The number of benzene rings is 1. The molecule has 0 fully saturated rings. The molecule has 1 aliphatic heterocycles. The zero-order chi connectivity index (χ0) is 24.6. The fraction of sp³-hybridized carbons (Fsp3) is 0.240. The van der Waals surface area contributed by atoms with E-state index >= 15 is 0 Å². The molecule has 1 aromatic carbocycles. The lowest BCUT2D eigenvalue weighted by Gasteiger charge is -2.09. The summed E-state index contributed by atoms with van der Waals surface area (Å²) in [7, 11) is 1.86. The van der Waals surface area contributed by atoms with Gasteiger partial charge < -0.3 is 19.2 Å². The molecule has 11 heteroatoms. The topological polar surface area (TPSA) is 101 Å². The van der Waals surface area contributed by atoms with Crippen LogP contribution in [0.3, 0.4) is 0 Å². The van der Waals surface area contributed by atoms with Gasteiger partial charge in [0.15, 0.2) is 23.2 Å². The zero-order valence-corrected chi connectivity index (χ0v) is 19.9. The van der Waals surface area contributed by atoms with Gasteiger partial charge >= 0.3 is 0 Å². The van der Waals surface area contributed by atoms with Crippen molar-refractivity contribution < 1.29 is 9.13 Å². The summed E-state index contributed by atoms with van der Waals surface area (Å²) in [6.07, 6.45) is 6.52. The van der Waals surface area contributed by atoms with Crippen LogP contribution >= 0.6 is 0 Å². The summed E-state index contributed by atoms with van der Waals surface area (Å²) in [4.78, 5) is 9.21. The lowest BCUT2D eigenvalue weighted by atomic mass is 10.1. The van der Waals surface area contributed by atoms with Crippen LogP contribution in [0.15, 0.2) is 55.0 Å². The molecular weight excluding hydrogens is 461 g/mol. The number of para-hydroxylation sites is 1. The molecule has 0 bridgehead atoms. The van der Waals surface area contributed by atoms with E-state index in [9.17, 15) is 4.39 Å². The van der Waals surface area contributed by atoms with Crippen LogP contribution in [-0.4, -0.2) is 39.1 Å². The molecule has 0 saturated heterocycles. The summed E-state index contributed by atoms with van der Waals surface area (Å²) < 4.78 is 25.6. The van der Waals surface area contributed by atoms with Crippen molar-refractivity contribution in [2.45, 2.75) is 33.0 Å². The first-order valence-corrected chi connectivity index (χ1v) is 11.7. The minimum Gasteiger partial charge on any atom is -0.483 e. The lowest BCUT2D eigenvalue weighted by molar-refractivity contribution is 0.274. The van der Waals surface area contributed by atoms with E-state index in [1.54, 1.807) is 29.1 Å². The largest absolute Gasteiger partial charge is 0.483 e. The standard InChI is InChI=1S/C25H24FN9O/c1-16-13-27-25(29-21-8-9-28-33(21)2)30-23(16)17-12-19-24-32-31-22(35(24)11-5-10-34(19)14-17)15-36-20-7-4-3-6-18(20)26/h3-4,6-9,12-14H,5,10-11,15H2,1-2H3,(H,27,29,30). The van der Waals surface area contributed by atoms with Crippen molar-refractivity contribution in [3.05, 3.63) is 72.2 Å². The van der Waals surface area contributed by atoms with E-state index in [4.69, 9.17) is 9.72 Å². The van der Waals surface area contributed by atoms with E-state index < -0.39 is 5.82 Å². The second kappa shape index (κ2) is 8.91. The summed E-state index contributed by atoms with van der Waals surface area (Å²) in [6, 6.07) is 10.3. The van der Waals surface area contributed by atoms with Gasteiger partial charge in [-0.3, -0.25) is 4.68 Å². The zero-order valence-electron chi connectivity index (χ0n) is 19.9. The van der Waals surface area contributed by atoms with E-state index in [0.717, 1.165) is 53.7 Å². The van der Waals surface area contributed by atoms with E-state index in [0.29, 0.717) is 11.8 Å². The van der Waals surface area contributed by atoms with Crippen molar-refractivity contribution in [3.8, 4) is 28.5 Å². The minimum atomic E-state index is -0.399. The Morgan fingerprint density at radius 1 is 1.14 bits per heavy atom. The number of ether oxygens (including phenoxy) is 1. The van der Waals surface area contributed by atoms with Crippen molar-refractivity contribution in [1.82, 2.24) is 39.1 Å². The summed E-state index contributed by atoms with van der Waals surface area (Å²) >= 11 is 0. The number of halogens is 1. The summed E-state index contributed by atoms with van der Waals surface area (Å²) in [6.45, 7) is 3.71. The summed E-state index contributed by atoms with van der Waals surface area (Å²) in [5.41, 5.74) is 3.72. The van der Waals surface area contributed by atoms with Gasteiger partial charge in [-0.2, -0.15) is 5.10 Å². The van der Waals surface area contributed by atoms with Crippen LogP contribution in [-0.2, 0) is 26.7 Å². The molecule has 0 radical (unpaired) electrons. The Morgan fingerprint density at radius 2 is 2.03 bits per heavy atom. The van der Waals surface area contributed by atoms with Crippen molar-refractivity contribution in [3.63, 3.8) is 0 Å². The quantitative estimate of drug-likeness (QED) is 0.386. The molecule has 182 valence electrons. The number of aryl methyl sites for hydroxylation is 3. The molecule has 0 spiro atoms. The van der Waals surface area contributed by atoms with Gasteiger partial charge in [0.1, 0.15) is 12.4 Å². The molecule has 0 aliphatic carbocycles. The number of fused-ring (bicyclic) bond motifs is 3. The van der Waals surface area contributed by atoms with Crippen LogP contribution in [0.4, 0.5) is 16.2 Å². The highest BCUT2D eigenvalue weighted by atomic mass is 19.1. The fourth-order valence-electron chi connectivity index (χ4n) is 4.39. The van der Waals surface area contributed by atoms with E-state index in [1.165, 1.54) is 6.07 Å².